The van der Waals surface area contributed by atoms with E-state index in [2.05, 4.69) is 4.90 Å². The Morgan fingerprint density at radius 1 is 1.19 bits per heavy atom. The second-order valence-electron chi connectivity index (χ2n) is 8.28. The molecule has 12 heteroatoms. The molecule has 182 valence electrons. The van der Waals surface area contributed by atoms with E-state index in [1.807, 2.05) is 14.0 Å². The van der Waals surface area contributed by atoms with E-state index < -0.39 is 30.1 Å². The Kier molecular flexibility index (Phi) is 9.03. The molecule has 0 bridgehead atoms. The molecule has 0 aliphatic carbocycles. The van der Waals surface area contributed by atoms with E-state index in [4.69, 9.17) is 4.18 Å². The lowest BCUT2D eigenvalue weighted by atomic mass is 10.1. The van der Waals surface area contributed by atoms with Crippen LogP contribution in [0, 0.1) is 17.0 Å². The van der Waals surface area contributed by atoms with Crippen LogP contribution in [0.25, 0.3) is 0 Å². The Labute approximate surface area is 190 Å². The molecule has 0 amide bonds. The van der Waals surface area contributed by atoms with Crippen molar-refractivity contribution in [3.05, 3.63) is 27.8 Å². The zero-order valence-electron chi connectivity index (χ0n) is 19.1. The number of sulfone groups is 1. The van der Waals surface area contributed by atoms with Crippen LogP contribution in [0.5, 0.6) is 0 Å². The third-order valence-corrected chi connectivity index (χ3v) is 8.44. The number of benzene rings is 1. The van der Waals surface area contributed by atoms with Gasteiger partial charge in [-0.1, -0.05) is 6.92 Å². The van der Waals surface area contributed by atoms with Crippen molar-refractivity contribution in [1.82, 2.24) is 4.90 Å². The third kappa shape index (κ3) is 6.87. The summed E-state index contributed by atoms with van der Waals surface area (Å²) in [7, 11) is -5.57. The van der Waals surface area contributed by atoms with Crippen molar-refractivity contribution in [3.8, 4) is 0 Å². The van der Waals surface area contributed by atoms with Crippen LogP contribution in [0.4, 0.5) is 11.4 Å². The van der Waals surface area contributed by atoms with Crippen molar-refractivity contribution in [2.75, 3.05) is 51.0 Å². The number of aryl methyl sites for hydroxylation is 1. The Hall–Kier alpha value is -1.76. The van der Waals surface area contributed by atoms with Gasteiger partial charge in [-0.05, 0) is 58.3 Å². The van der Waals surface area contributed by atoms with Gasteiger partial charge in [-0.3, -0.25) is 14.3 Å². The number of nitro groups is 1. The molecule has 1 unspecified atom stereocenters. The highest BCUT2D eigenvalue weighted by Gasteiger charge is 2.34. The molecule has 32 heavy (non-hydrogen) atoms. The van der Waals surface area contributed by atoms with E-state index in [0.717, 1.165) is 25.3 Å². The number of anilines is 1. The first-order valence-electron chi connectivity index (χ1n) is 10.7. The molecule has 1 fully saturated rings. The first kappa shape index (κ1) is 26.5. The first-order chi connectivity index (χ1) is 14.9. The Balaban J connectivity index is 2.57. The van der Waals surface area contributed by atoms with Crippen LogP contribution in [0.15, 0.2) is 17.0 Å². The van der Waals surface area contributed by atoms with Gasteiger partial charge in [-0.15, -0.1) is 0 Å². The summed E-state index contributed by atoms with van der Waals surface area (Å²) in [4.78, 5) is 14.7. The van der Waals surface area contributed by atoms with Crippen LogP contribution in [-0.2, 0) is 24.1 Å². The fourth-order valence-electron chi connectivity index (χ4n) is 4.06. The molecule has 1 heterocycles. The average molecular weight is 492 g/mol. The van der Waals surface area contributed by atoms with Gasteiger partial charge < -0.3 is 9.80 Å². The zero-order chi connectivity index (χ0) is 24.1. The van der Waals surface area contributed by atoms with Crippen LogP contribution in [0.2, 0.25) is 0 Å². The summed E-state index contributed by atoms with van der Waals surface area (Å²) < 4.78 is 55.1. The molecule has 1 saturated heterocycles. The molecule has 0 aromatic heterocycles. The highest BCUT2D eigenvalue weighted by Crippen LogP contribution is 2.37. The molecule has 10 nitrogen and oxygen atoms in total. The molecule has 1 aliphatic heterocycles. The smallest absolute Gasteiger partial charge is 0.271 e. The summed E-state index contributed by atoms with van der Waals surface area (Å²) in [6.45, 7) is 5.43. The molecule has 0 saturated carbocycles. The van der Waals surface area contributed by atoms with Crippen molar-refractivity contribution < 1.29 is 25.9 Å². The fourth-order valence-corrected chi connectivity index (χ4v) is 6.53. The van der Waals surface area contributed by atoms with Gasteiger partial charge in [0.05, 0.1) is 33.6 Å². The summed E-state index contributed by atoms with van der Waals surface area (Å²) in [6, 6.07) is 2.50. The molecule has 1 aromatic rings. The monoisotopic (exact) mass is 491 g/mol. The van der Waals surface area contributed by atoms with E-state index in [-0.39, 0.29) is 23.7 Å². The molecule has 0 N–H and O–H groups in total. The molecule has 0 radical (unpaired) electrons. The standard InChI is InChI=1S/C20H33N3O7S2/c1-5-9-22(12-13-30-31(4,26)27)20-16(2)14-17(23(24)25)15-19(20)32(28,29)18-7-6-10-21(3)11-8-18/h14-15,18H,5-13H2,1-4H3. The van der Waals surface area contributed by atoms with Crippen molar-refractivity contribution in [1.29, 1.82) is 0 Å². The van der Waals surface area contributed by atoms with Crippen LogP contribution >= 0.6 is 0 Å². The van der Waals surface area contributed by atoms with Crippen LogP contribution in [-0.4, -0.2) is 78.0 Å². The minimum atomic E-state index is -3.87. The topological polar surface area (TPSA) is 127 Å². The molecule has 2 rings (SSSR count). The number of nitro benzene ring substituents is 1. The molecule has 1 aromatic carbocycles. The van der Waals surface area contributed by atoms with Crippen LogP contribution in [0.3, 0.4) is 0 Å². The van der Waals surface area contributed by atoms with Crippen LogP contribution < -0.4 is 4.90 Å². The first-order valence-corrected chi connectivity index (χ1v) is 14.0. The summed E-state index contributed by atoms with van der Waals surface area (Å²) >= 11 is 0. The highest BCUT2D eigenvalue weighted by molar-refractivity contribution is 7.92. The molecular weight excluding hydrogens is 458 g/mol. The summed E-state index contributed by atoms with van der Waals surface area (Å²) in [5.74, 6) is 0. The maximum atomic E-state index is 13.7. The second kappa shape index (κ2) is 10.9. The predicted octanol–water partition coefficient (Wildman–Crippen LogP) is 2.35. The van der Waals surface area contributed by atoms with Gasteiger partial charge in [0.15, 0.2) is 9.84 Å². The van der Waals surface area contributed by atoms with Gasteiger partial charge in [0.2, 0.25) is 0 Å². The van der Waals surface area contributed by atoms with Gasteiger partial charge in [0.1, 0.15) is 0 Å². The fraction of sp³-hybridized carbons (Fsp3) is 0.700. The number of likely N-dealkylation sites (tertiary alicyclic amines) is 1. The van der Waals surface area contributed by atoms with Crippen molar-refractivity contribution in [2.45, 2.75) is 49.7 Å². The van der Waals surface area contributed by atoms with E-state index >= 15 is 0 Å². The summed E-state index contributed by atoms with van der Waals surface area (Å²) in [5.41, 5.74) is 0.558. The van der Waals surface area contributed by atoms with Gasteiger partial charge in [-0.2, -0.15) is 8.42 Å². The summed E-state index contributed by atoms with van der Waals surface area (Å²) in [5, 5.41) is 10.9. The maximum Gasteiger partial charge on any atom is 0.271 e. The lowest BCUT2D eigenvalue weighted by Gasteiger charge is -2.29. The van der Waals surface area contributed by atoms with Crippen molar-refractivity contribution in [2.24, 2.45) is 0 Å². The van der Waals surface area contributed by atoms with Gasteiger partial charge in [0.25, 0.3) is 15.8 Å². The normalized spacial score (nSPS) is 18.3. The third-order valence-electron chi connectivity index (χ3n) is 5.57. The largest absolute Gasteiger partial charge is 0.368 e. The number of nitrogens with zero attached hydrogens (tertiary/aromatic N) is 3. The Bertz CT molecular complexity index is 1030. The minimum absolute atomic E-state index is 0.0634. The van der Waals surface area contributed by atoms with Crippen molar-refractivity contribution in [3.63, 3.8) is 0 Å². The maximum absolute atomic E-state index is 13.7. The summed E-state index contributed by atoms with van der Waals surface area (Å²) in [6.07, 6.45) is 3.28. The second-order valence-corrected chi connectivity index (χ2v) is 12.1. The molecular formula is C20H33N3O7S2. The number of rotatable bonds is 10. The number of hydrogen-bond donors (Lipinski definition) is 0. The van der Waals surface area contributed by atoms with Crippen LogP contribution in [0.1, 0.15) is 38.2 Å². The van der Waals surface area contributed by atoms with E-state index in [1.165, 1.54) is 6.07 Å². The number of hydrogen-bond acceptors (Lipinski definition) is 9. The quantitative estimate of drug-likeness (QED) is 0.275. The lowest BCUT2D eigenvalue weighted by molar-refractivity contribution is -0.385. The van der Waals surface area contributed by atoms with E-state index in [0.29, 0.717) is 43.6 Å². The van der Waals surface area contributed by atoms with Gasteiger partial charge in [-0.25, -0.2) is 8.42 Å². The van der Waals surface area contributed by atoms with E-state index in [9.17, 15) is 26.9 Å². The van der Waals surface area contributed by atoms with Gasteiger partial charge >= 0.3 is 0 Å². The molecule has 0 spiro atoms. The lowest BCUT2D eigenvalue weighted by Crippen LogP contribution is -2.32. The predicted molar refractivity (Wildman–Crippen MR) is 123 cm³/mol. The Morgan fingerprint density at radius 2 is 1.88 bits per heavy atom. The van der Waals surface area contributed by atoms with Crippen molar-refractivity contribution >= 4 is 31.3 Å². The van der Waals surface area contributed by atoms with Gasteiger partial charge in [0, 0.05) is 25.2 Å². The number of non-ortho nitro benzene ring substituents is 1. The SMILES string of the molecule is CCCN(CCOS(C)(=O)=O)c1c(C)cc([N+](=O)[O-])cc1S(=O)(=O)C1CCCN(C)CC1. The zero-order valence-corrected chi connectivity index (χ0v) is 20.7. The Morgan fingerprint density at radius 3 is 2.47 bits per heavy atom. The minimum Gasteiger partial charge on any atom is -0.368 e. The van der Waals surface area contributed by atoms with E-state index in [1.54, 1.807) is 11.8 Å². The molecule has 1 atom stereocenters. The highest BCUT2D eigenvalue weighted by atomic mass is 32.2. The molecule has 1 aliphatic rings. The average Bonchev–Trinajstić information content (AvgIpc) is 2.90.